The summed E-state index contributed by atoms with van der Waals surface area (Å²) in [5, 5.41) is 10.3. The number of sulfonamides is 1. The van der Waals surface area contributed by atoms with Gasteiger partial charge in [0.05, 0.1) is 17.0 Å². The monoisotopic (exact) mass is 355 g/mol. The molecule has 1 saturated carbocycles. The van der Waals surface area contributed by atoms with Gasteiger partial charge in [0.1, 0.15) is 13.2 Å². The standard InChI is InChI=1S/C17H25NO5S/c1-2-9-18(14-5-3-4-6-15(14)19)24(20,21)13-7-8-16-17(12-13)23-11-10-22-16/h7-8,12,14-15,19H,2-6,9-11H2,1H3. The van der Waals surface area contributed by atoms with Crippen LogP contribution in [0.4, 0.5) is 0 Å². The second-order valence-electron chi connectivity index (χ2n) is 6.34. The number of ether oxygens (including phenoxy) is 2. The zero-order valence-corrected chi connectivity index (χ0v) is 14.8. The Morgan fingerprint density at radius 3 is 2.58 bits per heavy atom. The Hall–Kier alpha value is -1.31. The van der Waals surface area contributed by atoms with Gasteiger partial charge in [-0.2, -0.15) is 4.31 Å². The highest BCUT2D eigenvalue weighted by Crippen LogP contribution is 2.35. The molecule has 0 bridgehead atoms. The molecular formula is C17H25NO5S. The van der Waals surface area contributed by atoms with Crippen molar-refractivity contribution < 1.29 is 23.0 Å². The molecule has 2 aliphatic rings. The molecule has 0 spiro atoms. The van der Waals surface area contributed by atoms with E-state index in [0.717, 1.165) is 12.8 Å². The molecule has 1 heterocycles. The summed E-state index contributed by atoms with van der Waals surface area (Å²) in [7, 11) is -3.69. The minimum atomic E-state index is -3.69. The van der Waals surface area contributed by atoms with Crippen LogP contribution in [-0.4, -0.2) is 49.7 Å². The molecule has 0 radical (unpaired) electrons. The number of nitrogens with zero attached hydrogens (tertiary/aromatic N) is 1. The zero-order valence-electron chi connectivity index (χ0n) is 14.0. The maximum atomic E-state index is 13.2. The van der Waals surface area contributed by atoms with E-state index >= 15 is 0 Å². The maximum Gasteiger partial charge on any atom is 0.243 e. The fraction of sp³-hybridized carbons (Fsp3) is 0.647. The van der Waals surface area contributed by atoms with E-state index in [4.69, 9.17) is 9.47 Å². The summed E-state index contributed by atoms with van der Waals surface area (Å²) in [6.07, 6.45) is 3.34. The largest absolute Gasteiger partial charge is 0.486 e. The Kier molecular flexibility index (Phi) is 5.32. The molecule has 1 N–H and O–H groups in total. The van der Waals surface area contributed by atoms with Crippen molar-refractivity contribution in [2.75, 3.05) is 19.8 Å². The first-order valence-electron chi connectivity index (χ1n) is 8.63. The average molecular weight is 355 g/mol. The summed E-state index contributed by atoms with van der Waals surface area (Å²) in [4.78, 5) is 0.193. The lowest BCUT2D eigenvalue weighted by Crippen LogP contribution is -2.48. The lowest BCUT2D eigenvalue weighted by atomic mass is 9.92. The lowest BCUT2D eigenvalue weighted by Gasteiger charge is -2.36. The van der Waals surface area contributed by atoms with Crippen LogP contribution in [-0.2, 0) is 10.0 Å². The summed E-state index contributed by atoms with van der Waals surface area (Å²) in [6, 6.07) is 4.38. The van der Waals surface area contributed by atoms with E-state index in [1.54, 1.807) is 12.1 Å². The van der Waals surface area contributed by atoms with Crippen molar-refractivity contribution in [3.05, 3.63) is 18.2 Å². The van der Waals surface area contributed by atoms with Gasteiger partial charge < -0.3 is 14.6 Å². The maximum absolute atomic E-state index is 13.2. The molecule has 0 aromatic heterocycles. The van der Waals surface area contributed by atoms with Crippen LogP contribution in [0.15, 0.2) is 23.1 Å². The SMILES string of the molecule is CCCN(C1CCCCC1O)S(=O)(=O)c1ccc2c(c1)OCCO2. The molecule has 7 heteroatoms. The summed E-state index contributed by atoms with van der Waals surface area (Å²) in [5.41, 5.74) is 0. The third-order valence-electron chi connectivity index (χ3n) is 4.63. The molecule has 2 unspecified atom stereocenters. The normalized spacial score (nSPS) is 24.1. The van der Waals surface area contributed by atoms with Gasteiger partial charge in [-0.25, -0.2) is 8.42 Å². The van der Waals surface area contributed by atoms with Crippen molar-refractivity contribution in [3.8, 4) is 11.5 Å². The Bertz CT molecular complexity index is 676. The van der Waals surface area contributed by atoms with Gasteiger partial charge in [-0.15, -0.1) is 0 Å². The number of rotatable bonds is 5. The number of hydrogen-bond acceptors (Lipinski definition) is 5. The van der Waals surface area contributed by atoms with Crippen LogP contribution < -0.4 is 9.47 Å². The first-order valence-corrected chi connectivity index (χ1v) is 10.1. The smallest absolute Gasteiger partial charge is 0.243 e. The van der Waals surface area contributed by atoms with E-state index in [-0.39, 0.29) is 10.9 Å². The zero-order chi connectivity index (χ0) is 17.2. The predicted molar refractivity (Wildman–Crippen MR) is 89.9 cm³/mol. The van der Waals surface area contributed by atoms with Crippen molar-refractivity contribution in [3.63, 3.8) is 0 Å². The molecule has 1 aliphatic carbocycles. The Labute approximate surface area is 143 Å². The number of benzene rings is 1. The Morgan fingerprint density at radius 1 is 1.17 bits per heavy atom. The van der Waals surface area contributed by atoms with Gasteiger partial charge in [0.2, 0.25) is 10.0 Å². The van der Waals surface area contributed by atoms with Crippen LogP contribution in [0.3, 0.4) is 0 Å². The molecule has 2 atom stereocenters. The average Bonchev–Trinajstić information content (AvgIpc) is 2.60. The molecule has 6 nitrogen and oxygen atoms in total. The highest BCUT2D eigenvalue weighted by Gasteiger charge is 2.36. The van der Waals surface area contributed by atoms with Crippen LogP contribution in [0.25, 0.3) is 0 Å². The van der Waals surface area contributed by atoms with Crippen LogP contribution in [0.2, 0.25) is 0 Å². The second-order valence-corrected chi connectivity index (χ2v) is 8.23. The van der Waals surface area contributed by atoms with Crippen molar-refractivity contribution in [2.24, 2.45) is 0 Å². The van der Waals surface area contributed by atoms with E-state index in [1.807, 2.05) is 6.92 Å². The van der Waals surface area contributed by atoms with Crippen LogP contribution >= 0.6 is 0 Å². The third kappa shape index (κ3) is 3.38. The van der Waals surface area contributed by atoms with Crippen molar-refractivity contribution in [2.45, 2.75) is 56.1 Å². The van der Waals surface area contributed by atoms with Crippen LogP contribution in [0, 0.1) is 0 Å². The Morgan fingerprint density at radius 2 is 1.88 bits per heavy atom. The van der Waals surface area contributed by atoms with Gasteiger partial charge in [-0.1, -0.05) is 19.8 Å². The van der Waals surface area contributed by atoms with Crippen molar-refractivity contribution in [1.29, 1.82) is 0 Å². The molecule has 0 amide bonds. The van der Waals surface area contributed by atoms with Gasteiger partial charge in [-0.05, 0) is 31.4 Å². The van der Waals surface area contributed by atoms with Gasteiger partial charge in [-0.3, -0.25) is 0 Å². The minimum absolute atomic E-state index is 0.193. The number of aliphatic hydroxyl groups is 1. The minimum Gasteiger partial charge on any atom is -0.486 e. The molecule has 1 aliphatic heterocycles. The highest BCUT2D eigenvalue weighted by atomic mass is 32.2. The molecule has 1 aromatic rings. The fourth-order valence-electron chi connectivity index (χ4n) is 3.43. The summed E-state index contributed by atoms with van der Waals surface area (Å²) >= 11 is 0. The summed E-state index contributed by atoms with van der Waals surface area (Å²) < 4.78 is 38.8. The van der Waals surface area contributed by atoms with Crippen molar-refractivity contribution >= 4 is 10.0 Å². The molecule has 1 aromatic carbocycles. The number of aliphatic hydroxyl groups excluding tert-OH is 1. The lowest BCUT2D eigenvalue weighted by molar-refractivity contribution is 0.0557. The van der Waals surface area contributed by atoms with Crippen LogP contribution in [0.5, 0.6) is 11.5 Å². The molecule has 1 fully saturated rings. The fourth-order valence-corrected chi connectivity index (χ4v) is 5.22. The van der Waals surface area contributed by atoms with Gasteiger partial charge in [0.15, 0.2) is 11.5 Å². The number of fused-ring (bicyclic) bond motifs is 1. The number of hydrogen-bond donors (Lipinski definition) is 1. The first-order chi connectivity index (χ1) is 11.5. The molecular weight excluding hydrogens is 330 g/mol. The van der Waals surface area contributed by atoms with Crippen LogP contribution in [0.1, 0.15) is 39.0 Å². The molecule has 134 valence electrons. The predicted octanol–water partition coefficient (Wildman–Crippen LogP) is 2.16. The first kappa shape index (κ1) is 17.5. The van der Waals surface area contributed by atoms with Gasteiger partial charge in [0, 0.05) is 12.6 Å². The molecule has 0 saturated heterocycles. The van der Waals surface area contributed by atoms with E-state index < -0.39 is 16.1 Å². The summed E-state index contributed by atoms with van der Waals surface area (Å²) in [6.45, 7) is 3.23. The van der Waals surface area contributed by atoms with E-state index in [0.29, 0.717) is 50.5 Å². The molecule has 3 rings (SSSR count). The topological polar surface area (TPSA) is 76.1 Å². The van der Waals surface area contributed by atoms with Crippen molar-refractivity contribution in [1.82, 2.24) is 4.31 Å². The van der Waals surface area contributed by atoms with E-state index in [2.05, 4.69) is 0 Å². The Balaban J connectivity index is 1.93. The van der Waals surface area contributed by atoms with Gasteiger partial charge >= 0.3 is 0 Å². The van der Waals surface area contributed by atoms with E-state index in [1.165, 1.54) is 10.4 Å². The van der Waals surface area contributed by atoms with Gasteiger partial charge in [0.25, 0.3) is 0 Å². The molecule has 24 heavy (non-hydrogen) atoms. The quantitative estimate of drug-likeness (QED) is 0.876. The van der Waals surface area contributed by atoms with E-state index in [9.17, 15) is 13.5 Å². The summed E-state index contributed by atoms with van der Waals surface area (Å²) in [5.74, 6) is 1.03. The highest BCUT2D eigenvalue weighted by molar-refractivity contribution is 7.89. The third-order valence-corrected chi connectivity index (χ3v) is 6.55. The second kappa shape index (κ2) is 7.29.